The summed E-state index contributed by atoms with van der Waals surface area (Å²) in [5, 5.41) is 5.04. The van der Waals surface area contributed by atoms with E-state index in [1.807, 2.05) is 0 Å². The molecule has 0 fully saturated rings. The summed E-state index contributed by atoms with van der Waals surface area (Å²) in [5.41, 5.74) is 0. The second-order valence-electron chi connectivity index (χ2n) is 3.56. The van der Waals surface area contributed by atoms with Gasteiger partial charge in [-0.05, 0) is 24.3 Å². The van der Waals surface area contributed by atoms with Gasteiger partial charge in [0.25, 0.3) is 0 Å². The number of rotatable bonds is 3. The van der Waals surface area contributed by atoms with Crippen LogP contribution in [0.3, 0.4) is 0 Å². The maximum atomic E-state index is 13.2. The summed E-state index contributed by atoms with van der Waals surface area (Å²) < 4.78 is 41.6. The van der Waals surface area contributed by atoms with Crippen LogP contribution in [-0.2, 0) is 10.0 Å². The molecular weight excluding hydrogens is 339 g/mol. The van der Waals surface area contributed by atoms with E-state index in [0.29, 0.717) is 4.47 Å². The van der Waals surface area contributed by atoms with Crippen molar-refractivity contribution in [2.75, 3.05) is 0 Å². The van der Waals surface area contributed by atoms with Gasteiger partial charge in [-0.1, -0.05) is 15.9 Å². The molecule has 0 spiro atoms. The zero-order valence-corrected chi connectivity index (χ0v) is 11.8. The van der Waals surface area contributed by atoms with Crippen LogP contribution in [0.4, 0.5) is 4.39 Å². The zero-order valence-electron chi connectivity index (χ0n) is 9.38. The fraction of sp³-hybridized carbons (Fsp3) is 0. The minimum absolute atomic E-state index is 0.107. The van der Waals surface area contributed by atoms with Crippen LogP contribution in [-0.4, -0.2) is 13.4 Å². The molecule has 0 saturated carbocycles. The van der Waals surface area contributed by atoms with Crippen molar-refractivity contribution < 1.29 is 17.5 Å². The first kappa shape index (κ1) is 13.9. The fourth-order valence-corrected chi connectivity index (χ4v) is 2.42. The highest BCUT2D eigenvalue weighted by molar-refractivity contribution is 9.10. The average Bonchev–Trinajstić information content (AvgIpc) is 2.26. The van der Waals surface area contributed by atoms with Crippen LogP contribution in [0.5, 0.6) is 11.6 Å². The smallest absolute Gasteiger partial charge is 0.243 e. The third-order valence-electron chi connectivity index (χ3n) is 2.09. The molecule has 0 aliphatic heterocycles. The zero-order chi connectivity index (χ0) is 14.0. The molecule has 1 heterocycles. The molecule has 8 heteroatoms. The van der Waals surface area contributed by atoms with Crippen molar-refractivity contribution in [3.8, 4) is 11.6 Å². The summed E-state index contributed by atoms with van der Waals surface area (Å²) in [6.07, 6.45) is 1.35. The molecule has 2 aromatic rings. The largest absolute Gasteiger partial charge is 0.437 e. The predicted octanol–water partition coefficient (Wildman–Crippen LogP) is 2.42. The van der Waals surface area contributed by atoms with Gasteiger partial charge in [0, 0.05) is 16.7 Å². The number of hydrogen-bond donors (Lipinski definition) is 1. The van der Waals surface area contributed by atoms with E-state index in [1.54, 1.807) is 0 Å². The Morgan fingerprint density at radius 1 is 1.32 bits per heavy atom. The minimum atomic E-state index is -3.97. The van der Waals surface area contributed by atoms with Crippen molar-refractivity contribution in [3.05, 3.63) is 46.8 Å². The van der Waals surface area contributed by atoms with Gasteiger partial charge in [-0.2, -0.15) is 0 Å². The van der Waals surface area contributed by atoms with Crippen LogP contribution < -0.4 is 9.88 Å². The van der Waals surface area contributed by atoms with Gasteiger partial charge < -0.3 is 4.74 Å². The molecule has 0 saturated heterocycles. The second-order valence-corrected chi connectivity index (χ2v) is 6.00. The Balaban J connectivity index is 2.44. The maximum Gasteiger partial charge on any atom is 0.243 e. The van der Waals surface area contributed by atoms with Gasteiger partial charge in [0.15, 0.2) is 0 Å². The molecule has 0 unspecified atom stereocenters. The van der Waals surface area contributed by atoms with Gasteiger partial charge in [-0.3, -0.25) is 0 Å². The average molecular weight is 347 g/mol. The van der Waals surface area contributed by atoms with Crippen molar-refractivity contribution in [3.63, 3.8) is 0 Å². The third kappa shape index (κ3) is 3.49. The second kappa shape index (κ2) is 5.24. The maximum absolute atomic E-state index is 13.2. The number of hydrogen-bond acceptors (Lipinski definition) is 4. The normalized spacial score (nSPS) is 11.3. The molecule has 1 aromatic heterocycles. The van der Waals surface area contributed by atoms with Gasteiger partial charge in [0.2, 0.25) is 15.9 Å². The van der Waals surface area contributed by atoms with Gasteiger partial charge in [0.1, 0.15) is 16.5 Å². The molecule has 0 amide bonds. The molecule has 0 atom stereocenters. The summed E-state index contributed by atoms with van der Waals surface area (Å²) in [6, 6.07) is 6.49. The molecule has 0 radical (unpaired) electrons. The first-order valence-electron chi connectivity index (χ1n) is 4.98. The van der Waals surface area contributed by atoms with Crippen molar-refractivity contribution in [1.82, 2.24) is 4.98 Å². The molecule has 100 valence electrons. The minimum Gasteiger partial charge on any atom is -0.437 e. The van der Waals surface area contributed by atoms with E-state index in [0.717, 1.165) is 6.07 Å². The lowest BCUT2D eigenvalue weighted by Crippen LogP contribution is -2.13. The van der Waals surface area contributed by atoms with Crippen LogP contribution in [0.1, 0.15) is 0 Å². The standard InChI is InChI=1S/C11H8BrFN2O3S/c12-7-4-8(13)6-9(5-7)18-11-10(19(14,16)17)2-1-3-15-11/h1-6H,(H2,14,16,17). The highest BCUT2D eigenvalue weighted by atomic mass is 79.9. The summed E-state index contributed by atoms with van der Waals surface area (Å²) in [4.78, 5) is 3.51. The lowest BCUT2D eigenvalue weighted by Gasteiger charge is -2.08. The van der Waals surface area contributed by atoms with E-state index in [-0.39, 0.29) is 16.5 Å². The first-order chi connectivity index (χ1) is 8.86. The van der Waals surface area contributed by atoms with E-state index >= 15 is 0 Å². The summed E-state index contributed by atoms with van der Waals surface area (Å²) in [6.45, 7) is 0. The van der Waals surface area contributed by atoms with Gasteiger partial charge in [-0.15, -0.1) is 0 Å². The number of primary sulfonamides is 1. The highest BCUT2D eigenvalue weighted by Gasteiger charge is 2.16. The number of nitrogens with zero attached hydrogens (tertiary/aromatic N) is 1. The SMILES string of the molecule is NS(=O)(=O)c1cccnc1Oc1cc(F)cc(Br)c1. The number of aromatic nitrogens is 1. The van der Waals surface area contributed by atoms with Crippen LogP contribution in [0.2, 0.25) is 0 Å². The number of benzene rings is 1. The molecule has 2 N–H and O–H groups in total. The lowest BCUT2D eigenvalue weighted by molar-refractivity contribution is 0.443. The molecule has 2 rings (SSSR count). The highest BCUT2D eigenvalue weighted by Crippen LogP contribution is 2.28. The monoisotopic (exact) mass is 346 g/mol. The Morgan fingerprint density at radius 3 is 2.68 bits per heavy atom. The fourth-order valence-electron chi connectivity index (χ4n) is 1.37. The van der Waals surface area contributed by atoms with Crippen LogP contribution in [0.15, 0.2) is 45.9 Å². The molecule has 0 bridgehead atoms. The van der Waals surface area contributed by atoms with Crippen molar-refractivity contribution >= 4 is 26.0 Å². The summed E-state index contributed by atoms with van der Waals surface area (Å²) >= 11 is 3.10. The van der Waals surface area contributed by atoms with Crippen molar-refractivity contribution in [2.24, 2.45) is 5.14 Å². The Hall–Kier alpha value is -1.51. The van der Waals surface area contributed by atoms with Gasteiger partial charge in [0.05, 0.1) is 0 Å². The summed E-state index contributed by atoms with van der Waals surface area (Å²) in [5.74, 6) is -0.629. The van der Waals surface area contributed by atoms with Crippen LogP contribution in [0.25, 0.3) is 0 Å². The Labute approximate surface area is 117 Å². The van der Waals surface area contributed by atoms with E-state index in [9.17, 15) is 12.8 Å². The molecule has 0 aliphatic carbocycles. The molecule has 0 aliphatic rings. The Kier molecular flexibility index (Phi) is 3.83. The molecule has 19 heavy (non-hydrogen) atoms. The number of sulfonamides is 1. The van der Waals surface area contributed by atoms with E-state index in [1.165, 1.54) is 30.5 Å². The number of pyridine rings is 1. The molecular formula is C11H8BrFN2O3S. The number of nitrogens with two attached hydrogens (primary N) is 1. The lowest BCUT2D eigenvalue weighted by atomic mass is 10.3. The van der Waals surface area contributed by atoms with E-state index < -0.39 is 15.8 Å². The van der Waals surface area contributed by atoms with Crippen LogP contribution in [0, 0.1) is 5.82 Å². The quantitative estimate of drug-likeness (QED) is 0.925. The molecule has 5 nitrogen and oxygen atoms in total. The third-order valence-corrected chi connectivity index (χ3v) is 3.47. The van der Waals surface area contributed by atoms with Crippen LogP contribution >= 0.6 is 15.9 Å². The van der Waals surface area contributed by atoms with Gasteiger partial charge in [-0.25, -0.2) is 22.9 Å². The van der Waals surface area contributed by atoms with E-state index in [4.69, 9.17) is 9.88 Å². The van der Waals surface area contributed by atoms with Crippen molar-refractivity contribution in [1.29, 1.82) is 0 Å². The Bertz CT molecular complexity index is 701. The topological polar surface area (TPSA) is 82.3 Å². The Morgan fingerprint density at radius 2 is 2.05 bits per heavy atom. The predicted molar refractivity (Wildman–Crippen MR) is 69.8 cm³/mol. The summed E-state index contributed by atoms with van der Waals surface area (Å²) in [7, 11) is -3.97. The number of ether oxygens (including phenoxy) is 1. The number of halogens is 2. The van der Waals surface area contributed by atoms with Crippen molar-refractivity contribution in [2.45, 2.75) is 4.90 Å². The first-order valence-corrected chi connectivity index (χ1v) is 7.32. The van der Waals surface area contributed by atoms with Gasteiger partial charge >= 0.3 is 0 Å². The molecule has 1 aromatic carbocycles. The van der Waals surface area contributed by atoms with E-state index in [2.05, 4.69) is 20.9 Å².